The number of nitrogens with zero attached hydrogens (tertiary/aromatic N) is 4. The first-order valence-corrected chi connectivity index (χ1v) is 7.43. The largest absolute Gasteiger partial charge is 0.480 e. The number of aliphatic carboxylic acids is 1. The second kappa shape index (κ2) is 7.69. The van der Waals surface area contributed by atoms with Gasteiger partial charge in [-0.25, -0.2) is 4.68 Å². The summed E-state index contributed by atoms with van der Waals surface area (Å²) in [5.74, 6) is -1.57. The van der Waals surface area contributed by atoms with Gasteiger partial charge in [0.2, 0.25) is 0 Å². The lowest BCUT2D eigenvalue weighted by Crippen LogP contribution is -2.38. The van der Waals surface area contributed by atoms with Gasteiger partial charge in [-0.2, -0.15) is 0 Å². The normalized spacial score (nSPS) is 10.6. The van der Waals surface area contributed by atoms with Crippen LogP contribution in [-0.4, -0.2) is 63.7 Å². The number of rotatable bonds is 7. The summed E-state index contributed by atoms with van der Waals surface area (Å²) < 4.78 is 6.49. The Balaban J connectivity index is 2.30. The number of carbonyl (C=O) groups is 2. The summed E-state index contributed by atoms with van der Waals surface area (Å²) in [6.45, 7) is 3.67. The molecule has 0 saturated carbocycles. The zero-order chi connectivity index (χ0) is 17.7. The molecule has 0 fully saturated rings. The minimum atomic E-state index is -1.09. The van der Waals surface area contributed by atoms with Crippen molar-refractivity contribution in [2.75, 3.05) is 26.8 Å². The monoisotopic (exact) mass is 332 g/mol. The first kappa shape index (κ1) is 17.6. The Morgan fingerprint density at radius 2 is 2.08 bits per heavy atom. The van der Waals surface area contributed by atoms with Crippen LogP contribution in [0.15, 0.2) is 24.3 Å². The smallest absolute Gasteiger partial charge is 0.323 e. The molecule has 24 heavy (non-hydrogen) atoms. The van der Waals surface area contributed by atoms with Crippen molar-refractivity contribution in [3.8, 4) is 5.69 Å². The van der Waals surface area contributed by atoms with Crippen LogP contribution < -0.4 is 0 Å². The Morgan fingerprint density at radius 3 is 2.71 bits per heavy atom. The second-order valence-electron chi connectivity index (χ2n) is 5.39. The molecule has 0 aliphatic carbocycles. The van der Waals surface area contributed by atoms with Crippen molar-refractivity contribution >= 4 is 11.9 Å². The van der Waals surface area contributed by atoms with Gasteiger partial charge in [-0.3, -0.25) is 9.59 Å². The molecule has 0 radical (unpaired) electrons. The van der Waals surface area contributed by atoms with Crippen LogP contribution in [0.5, 0.6) is 0 Å². The molecule has 0 aliphatic rings. The first-order valence-electron chi connectivity index (χ1n) is 7.43. The summed E-state index contributed by atoms with van der Waals surface area (Å²) in [5, 5.41) is 17.0. The molecule has 1 aromatic carbocycles. The lowest BCUT2D eigenvalue weighted by Gasteiger charge is -2.19. The second-order valence-corrected chi connectivity index (χ2v) is 5.39. The molecule has 0 saturated heterocycles. The van der Waals surface area contributed by atoms with Crippen molar-refractivity contribution in [1.29, 1.82) is 0 Å². The Kier molecular flexibility index (Phi) is 5.64. The molecule has 0 bridgehead atoms. The van der Waals surface area contributed by atoms with Crippen LogP contribution in [0.3, 0.4) is 0 Å². The number of methoxy groups -OCH3 is 1. The van der Waals surface area contributed by atoms with Crippen LogP contribution in [-0.2, 0) is 9.53 Å². The average molecular weight is 332 g/mol. The van der Waals surface area contributed by atoms with Crippen LogP contribution in [0.25, 0.3) is 5.69 Å². The number of aromatic nitrogens is 3. The van der Waals surface area contributed by atoms with Gasteiger partial charge >= 0.3 is 5.97 Å². The molecule has 1 heterocycles. The molecule has 2 rings (SSSR count). The van der Waals surface area contributed by atoms with E-state index in [1.807, 2.05) is 31.2 Å². The minimum absolute atomic E-state index is 0.133. The average Bonchev–Trinajstić information content (AvgIpc) is 2.92. The fourth-order valence-electron chi connectivity index (χ4n) is 2.30. The number of hydrogen-bond donors (Lipinski definition) is 1. The topological polar surface area (TPSA) is 97.6 Å². The van der Waals surface area contributed by atoms with E-state index in [0.29, 0.717) is 5.69 Å². The SMILES string of the molecule is COCCN(CC(=O)O)C(=O)c1nnn(-c2cccc(C)c2)c1C. The molecule has 0 aliphatic heterocycles. The standard InChI is InChI=1S/C16H20N4O4/c1-11-5-4-6-13(9-11)20-12(2)15(17-18-20)16(23)19(7-8-24-3)10-14(21)22/h4-6,9H,7-8,10H2,1-3H3,(H,21,22). The van der Waals surface area contributed by atoms with Crippen molar-refractivity contribution in [1.82, 2.24) is 19.9 Å². The van der Waals surface area contributed by atoms with Crippen molar-refractivity contribution in [2.45, 2.75) is 13.8 Å². The molecule has 8 heteroatoms. The predicted octanol–water partition coefficient (Wildman–Crippen LogP) is 1.06. The van der Waals surface area contributed by atoms with E-state index in [2.05, 4.69) is 10.3 Å². The first-order chi connectivity index (χ1) is 11.4. The molecular weight excluding hydrogens is 312 g/mol. The maximum absolute atomic E-state index is 12.6. The summed E-state index contributed by atoms with van der Waals surface area (Å²) in [4.78, 5) is 24.8. The number of carboxylic acid groups (broad SMARTS) is 1. The number of benzene rings is 1. The van der Waals surface area contributed by atoms with Gasteiger partial charge in [0.05, 0.1) is 18.0 Å². The Hall–Kier alpha value is -2.74. The molecule has 8 nitrogen and oxygen atoms in total. The van der Waals surface area contributed by atoms with Gasteiger partial charge in [-0.15, -0.1) is 5.10 Å². The molecule has 1 amide bonds. The van der Waals surface area contributed by atoms with Gasteiger partial charge in [-0.05, 0) is 31.5 Å². The molecule has 1 N–H and O–H groups in total. The minimum Gasteiger partial charge on any atom is -0.480 e. The number of carbonyl (C=O) groups excluding carboxylic acids is 1. The fourth-order valence-corrected chi connectivity index (χ4v) is 2.30. The van der Waals surface area contributed by atoms with E-state index in [-0.39, 0.29) is 18.8 Å². The van der Waals surface area contributed by atoms with Gasteiger partial charge in [0, 0.05) is 13.7 Å². The lowest BCUT2D eigenvalue weighted by molar-refractivity contribution is -0.137. The van der Waals surface area contributed by atoms with Crippen LogP contribution in [0.2, 0.25) is 0 Å². The Bertz CT molecular complexity index is 741. The summed E-state index contributed by atoms with van der Waals surface area (Å²) in [7, 11) is 1.49. The number of hydrogen-bond acceptors (Lipinski definition) is 5. The highest BCUT2D eigenvalue weighted by molar-refractivity contribution is 5.95. The van der Waals surface area contributed by atoms with Crippen molar-refractivity contribution in [3.63, 3.8) is 0 Å². The molecule has 1 aromatic heterocycles. The quantitative estimate of drug-likeness (QED) is 0.814. The molecule has 0 atom stereocenters. The van der Waals surface area contributed by atoms with Gasteiger partial charge in [0.15, 0.2) is 5.69 Å². The summed E-state index contributed by atoms with van der Waals surface area (Å²) in [6.07, 6.45) is 0. The Labute approximate surface area is 139 Å². The van der Waals surface area contributed by atoms with E-state index < -0.39 is 18.4 Å². The van der Waals surface area contributed by atoms with E-state index in [4.69, 9.17) is 9.84 Å². The number of carboxylic acids is 1. The Morgan fingerprint density at radius 1 is 1.33 bits per heavy atom. The van der Waals surface area contributed by atoms with Crippen LogP contribution in [0, 0.1) is 13.8 Å². The zero-order valence-corrected chi connectivity index (χ0v) is 13.9. The van der Waals surface area contributed by atoms with E-state index in [1.165, 1.54) is 12.0 Å². The predicted molar refractivity (Wildman–Crippen MR) is 86.2 cm³/mol. The zero-order valence-electron chi connectivity index (χ0n) is 13.9. The number of ether oxygens (including phenoxy) is 1. The summed E-state index contributed by atoms with van der Waals surface area (Å²) in [5.41, 5.74) is 2.54. The lowest BCUT2D eigenvalue weighted by atomic mass is 10.2. The van der Waals surface area contributed by atoms with E-state index in [9.17, 15) is 9.59 Å². The molecule has 2 aromatic rings. The molecule has 0 unspecified atom stereocenters. The third-order valence-electron chi connectivity index (χ3n) is 3.52. The summed E-state index contributed by atoms with van der Waals surface area (Å²) >= 11 is 0. The molecule has 128 valence electrons. The van der Waals surface area contributed by atoms with Crippen LogP contribution in [0.1, 0.15) is 21.7 Å². The van der Waals surface area contributed by atoms with E-state index in [0.717, 1.165) is 11.3 Å². The number of aryl methyl sites for hydroxylation is 1. The maximum Gasteiger partial charge on any atom is 0.323 e. The van der Waals surface area contributed by atoms with Crippen molar-refractivity contribution < 1.29 is 19.4 Å². The van der Waals surface area contributed by atoms with Gasteiger partial charge in [-0.1, -0.05) is 17.3 Å². The highest BCUT2D eigenvalue weighted by atomic mass is 16.5. The highest BCUT2D eigenvalue weighted by Crippen LogP contribution is 2.15. The molecule has 0 spiro atoms. The third kappa shape index (κ3) is 3.96. The van der Waals surface area contributed by atoms with Crippen LogP contribution in [0.4, 0.5) is 0 Å². The van der Waals surface area contributed by atoms with E-state index in [1.54, 1.807) is 11.6 Å². The third-order valence-corrected chi connectivity index (χ3v) is 3.52. The van der Waals surface area contributed by atoms with Gasteiger partial charge in [0.1, 0.15) is 6.54 Å². The van der Waals surface area contributed by atoms with E-state index >= 15 is 0 Å². The number of amides is 1. The fraction of sp³-hybridized carbons (Fsp3) is 0.375. The summed E-state index contributed by atoms with van der Waals surface area (Å²) in [6, 6.07) is 7.64. The van der Waals surface area contributed by atoms with Crippen LogP contribution >= 0.6 is 0 Å². The highest BCUT2D eigenvalue weighted by Gasteiger charge is 2.24. The van der Waals surface area contributed by atoms with Crippen molar-refractivity contribution in [2.24, 2.45) is 0 Å². The van der Waals surface area contributed by atoms with Gasteiger partial charge < -0.3 is 14.7 Å². The molecular formula is C16H20N4O4. The van der Waals surface area contributed by atoms with Gasteiger partial charge in [0.25, 0.3) is 5.91 Å². The van der Waals surface area contributed by atoms with Crippen molar-refractivity contribution in [3.05, 3.63) is 41.2 Å². The maximum atomic E-state index is 12.6.